The van der Waals surface area contributed by atoms with E-state index in [4.69, 9.17) is 0 Å². The Morgan fingerprint density at radius 1 is 1.50 bits per heavy atom. The van der Waals surface area contributed by atoms with Crippen LogP contribution in [0.4, 0.5) is 0 Å². The van der Waals surface area contributed by atoms with Gasteiger partial charge in [0.15, 0.2) is 0 Å². The van der Waals surface area contributed by atoms with E-state index in [9.17, 15) is 4.79 Å². The summed E-state index contributed by atoms with van der Waals surface area (Å²) in [6.07, 6.45) is 4.45. The quantitative estimate of drug-likeness (QED) is 0.687. The molecule has 12 heavy (non-hydrogen) atoms. The molecular weight excluding hydrogens is 150 g/mol. The molecule has 2 nitrogen and oxygen atoms in total. The van der Waals surface area contributed by atoms with Crippen molar-refractivity contribution in [2.75, 3.05) is 6.54 Å². The van der Waals surface area contributed by atoms with Crippen molar-refractivity contribution in [1.29, 1.82) is 0 Å². The number of hydrogen-bond donors (Lipinski definition) is 1. The molecule has 1 aliphatic rings. The van der Waals surface area contributed by atoms with Crippen molar-refractivity contribution in [3.8, 4) is 0 Å². The largest absolute Gasteiger partial charge is 0.356 e. The summed E-state index contributed by atoms with van der Waals surface area (Å²) >= 11 is 0. The highest BCUT2D eigenvalue weighted by Crippen LogP contribution is 2.30. The predicted molar refractivity (Wildman–Crippen MR) is 49.8 cm³/mol. The van der Waals surface area contributed by atoms with Crippen molar-refractivity contribution >= 4 is 5.91 Å². The molecule has 0 spiro atoms. The highest BCUT2D eigenvalue weighted by Gasteiger charge is 2.26. The van der Waals surface area contributed by atoms with Crippen LogP contribution in [0.5, 0.6) is 0 Å². The van der Waals surface area contributed by atoms with Crippen molar-refractivity contribution in [2.24, 2.45) is 11.8 Å². The Labute approximate surface area is 74.7 Å². The van der Waals surface area contributed by atoms with Gasteiger partial charge in [0.25, 0.3) is 0 Å². The third-order valence-electron chi connectivity index (χ3n) is 2.61. The molecule has 0 aliphatic heterocycles. The number of carbonyl (C=O) groups is 1. The molecule has 2 heteroatoms. The fourth-order valence-corrected chi connectivity index (χ4v) is 1.84. The smallest absolute Gasteiger partial charge is 0.223 e. The summed E-state index contributed by atoms with van der Waals surface area (Å²) in [7, 11) is 0. The van der Waals surface area contributed by atoms with E-state index in [2.05, 4.69) is 19.2 Å². The molecular formula is C10H19NO. The van der Waals surface area contributed by atoms with Crippen LogP contribution in [0.15, 0.2) is 0 Å². The first-order valence-corrected chi connectivity index (χ1v) is 5.01. The van der Waals surface area contributed by atoms with Gasteiger partial charge < -0.3 is 5.32 Å². The molecule has 0 radical (unpaired) electrons. The highest BCUT2D eigenvalue weighted by atomic mass is 16.1. The molecule has 1 rings (SSSR count). The number of hydrogen-bond acceptors (Lipinski definition) is 1. The Hall–Kier alpha value is -0.530. The molecule has 1 aliphatic carbocycles. The Morgan fingerprint density at radius 3 is 2.75 bits per heavy atom. The molecule has 2 atom stereocenters. The zero-order valence-electron chi connectivity index (χ0n) is 8.10. The van der Waals surface area contributed by atoms with Crippen LogP contribution in [0, 0.1) is 11.8 Å². The van der Waals surface area contributed by atoms with Crippen LogP contribution in [0.1, 0.15) is 39.5 Å². The summed E-state index contributed by atoms with van der Waals surface area (Å²) in [5.74, 6) is 1.34. The molecule has 0 bridgehead atoms. The van der Waals surface area contributed by atoms with Gasteiger partial charge in [-0.15, -0.1) is 0 Å². The Balaban J connectivity index is 2.23. The first-order chi connectivity index (χ1) is 5.74. The standard InChI is InChI=1S/C10H19NO/c1-3-6-11-10(12)9-5-4-8(2)7-9/h8-9H,3-7H2,1-2H3,(H,11,12). The number of rotatable bonds is 3. The maximum absolute atomic E-state index is 11.4. The van der Waals surface area contributed by atoms with Crippen LogP contribution in [-0.4, -0.2) is 12.5 Å². The molecule has 1 fully saturated rings. The van der Waals surface area contributed by atoms with E-state index in [0.717, 1.165) is 31.7 Å². The van der Waals surface area contributed by atoms with Crippen LogP contribution in [0.3, 0.4) is 0 Å². The van der Waals surface area contributed by atoms with Gasteiger partial charge >= 0.3 is 0 Å². The van der Waals surface area contributed by atoms with E-state index in [0.29, 0.717) is 5.92 Å². The normalized spacial score (nSPS) is 28.8. The van der Waals surface area contributed by atoms with Crippen LogP contribution in [0.2, 0.25) is 0 Å². The average Bonchev–Trinajstić information content (AvgIpc) is 2.47. The summed E-state index contributed by atoms with van der Waals surface area (Å²) in [6.45, 7) is 5.15. The Bertz CT molecular complexity index is 156. The molecule has 0 saturated heterocycles. The number of nitrogens with one attached hydrogen (secondary N) is 1. The highest BCUT2D eigenvalue weighted by molar-refractivity contribution is 5.78. The molecule has 0 aromatic heterocycles. The lowest BCUT2D eigenvalue weighted by atomic mass is 10.1. The molecule has 0 aromatic rings. The maximum Gasteiger partial charge on any atom is 0.223 e. The lowest BCUT2D eigenvalue weighted by molar-refractivity contribution is -0.124. The van der Waals surface area contributed by atoms with Crippen LogP contribution >= 0.6 is 0 Å². The summed E-state index contributed by atoms with van der Waals surface area (Å²) in [5, 5.41) is 2.96. The van der Waals surface area contributed by atoms with Crippen molar-refractivity contribution in [3.63, 3.8) is 0 Å². The summed E-state index contributed by atoms with van der Waals surface area (Å²) in [4.78, 5) is 11.4. The van der Waals surface area contributed by atoms with Gasteiger partial charge in [-0.05, 0) is 31.6 Å². The van der Waals surface area contributed by atoms with E-state index in [-0.39, 0.29) is 5.91 Å². The SMILES string of the molecule is CCCNC(=O)C1CCC(C)C1. The van der Waals surface area contributed by atoms with Gasteiger partial charge in [0, 0.05) is 12.5 Å². The summed E-state index contributed by atoms with van der Waals surface area (Å²) in [6, 6.07) is 0. The molecule has 1 saturated carbocycles. The van der Waals surface area contributed by atoms with Gasteiger partial charge in [0.1, 0.15) is 0 Å². The molecule has 1 N–H and O–H groups in total. The van der Waals surface area contributed by atoms with Gasteiger partial charge in [0.2, 0.25) is 5.91 Å². The monoisotopic (exact) mass is 169 g/mol. The molecule has 2 unspecified atom stereocenters. The topological polar surface area (TPSA) is 29.1 Å². The fraction of sp³-hybridized carbons (Fsp3) is 0.900. The van der Waals surface area contributed by atoms with Crippen molar-refractivity contribution in [1.82, 2.24) is 5.32 Å². The van der Waals surface area contributed by atoms with Crippen LogP contribution in [0.25, 0.3) is 0 Å². The first kappa shape index (κ1) is 9.56. The van der Waals surface area contributed by atoms with Gasteiger partial charge in [-0.3, -0.25) is 4.79 Å². The summed E-state index contributed by atoms with van der Waals surface area (Å²) < 4.78 is 0. The first-order valence-electron chi connectivity index (χ1n) is 5.01. The lowest BCUT2D eigenvalue weighted by Gasteiger charge is -2.09. The second-order valence-corrected chi connectivity index (χ2v) is 3.91. The van der Waals surface area contributed by atoms with Gasteiger partial charge in [0.05, 0.1) is 0 Å². The minimum Gasteiger partial charge on any atom is -0.356 e. The van der Waals surface area contributed by atoms with Crippen molar-refractivity contribution in [2.45, 2.75) is 39.5 Å². The van der Waals surface area contributed by atoms with Gasteiger partial charge in [-0.1, -0.05) is 13.8 Å². The third kappa shape index (κ3) is 2.50. The Morgan fingerprint density at radius 2 is 2.25 bits per heavy atom. The molecule has 70 valence electrons. The zero-order valence-corrected chi connectivity index (χ0v) is 8.10. The predicted octanol–water partition coefficient (Wildman–Crippen LogP) is 1.95. The minimum atomic E-state index is 0.279. The average molecular weight is 169 g/mol. The second-order valence-electron chi connectivity index (χ2n) is 3.91. The van der Waals surface area contributed by atoms with Crippen LogP contribution < -0.4 is 5.32 Å². The number of carbonyl (C=O) groups excluding carboxylic acids is 1. The van der Waals surface area contributed by atoms with E-state index in [1.165, 1.54) is 6.42 Å². The third-order valence-corrected chi connectivity index (χ3v) is 2.61. The van der Waals surface area contributed by atoms with E-state index < -0.39 is 0 Å². The van der Waals surface area contributed by atoms with E-state index in [1.807, 2.05) is 0 Å². The minimum absolute atomic E-state index is 0.279. The fourth-order valence-electron chi connectivity index (χ4n) is 1.84. The van der Waals surface area contributed by atoms with Gasteiger partial charge in [-0.25, -0.2) is 0 Å². The van der Waals surface area contributed by atoms with Crippen molar-refractivity contribution in [3.05, 3.63) is 0 Å². The zero-order chi connectivity index (χ0) is 8.97. The molecule has 1 amide bonds. The van der Waals surface area contributed by atoms with E-state index >= 15 is 0 Å². The van der Waals surface area contributed by atoms with Crippen LogP contribution in [-0.2, 0) is 4.79 Å². The number of amides is 1. The lowest BCUT2D eigenvalue weighted by Crippen LogP contribution is -2.29. The second kappa shape index (κ2) is 4.48. The van der Waals surface area contributed by atoms with Crippen molar-refractivity contribution < 1.29 is 4.79 Å². The molecule has 0 aromatic carbocycles. The van der Waals surface area contributed by atoms with E-state index in [1.54, 1.807) is 0 Å². The maximum atomic E-state index is 11.4. The Kier molecular flexibility index (Phi) is 3.57. The summed E-state index contributed by atoms with van der Waals surface area (Å²) in [5.41, 5.74) is 0. The molecule has 0 heterocycles. The van der Waals surface area contributed by atoms with Gasteiger partial charge in [-0.2, -0.15) is 0 Å².